The first-order chi connectivity index (χ1) is 18.0. The van der Waals surface area contributed by atoms with Gasteiger partial charge in [-0.3, -0.25) is 15.1 Å². The quantitative estimate of drug-likeness (QED) is 0.326. The number of pyridine rings is 1. The number of nitrogens with zero attached hydrogens (tertiary/aromatic N) is 5. The molecule has 4 N–H and O–H groups in total. The maximum absolute atomic E-state index is 14.1. The number of halogens is 1. The number of aryl methyl sites for hydroxylation is 1. The lowest BCUT2D eigenvalue weighted by Crippen LogP contribution is -2.56. The van der Waals surface area contributed by atoms with E-state index in [1.54, 1.807) is 18.6 Å². The number of nitrogens with one attached hydrogen (secondary N) is 2. The summed E-state index contributed by atoms with van der Waals surface area (Å²) in [5.74, 6) is 0.550. The predicted molar refractivity (Wildman–Crippen MR) is 143 cm³/mol. The molecule has 182 valence electrons. The molecule has 7 rings (SSSR count). The van der Waals surface area contributed by atoms with Crippen molar-refractivity contribution in [1.29, 1.82) is 0 Å². The molecule has 0 unspecified atom stereocenters. The highest BCUT2D eigenvalue weighted by atomic mass is 19.1. The first-order valence-electron chi connectivity index (χ1n) is 12.1. The van der Waals surface area contributed by atoms with E-state index in [0.29, 0.717) is 0 Å². The molecule has 37 heavy (non-hydrogen) atoms. The van der Waals surface area contributed by atoms with Crippen molar-refractivity contribution in [3.05, 3.63) is 78.5 Å². The van der Waals surface area contributed by atoms with Crippen LogP contribution in [0.1, 0.15) is 5.56 Å². The minimum atomic E-state index is -0.278. The summed E-state index contributed by atoms with van der Waals surface area (Å²) in [7, 11) is 0. The van der Waals surface area contributed by atoms with Crippen molar-refractivity contribution in [2.45, 2.75) is 13.0 Å². The molecule has 1 fully saturated rings. The van der Waals surface area contributed by atoms with Crippen molar-refractivity contribution < 1.29 is 4.39 Å². The second-order valence-electron chi connectivity index (χ2n) is 9.58. The number of fused-ring (bicyclic) bond motifs is 2. The van der Waals surface area contributed by atoms with Gasteiger partial charge in [0.1, 0.15) is 17.3 Å². The van der Waals surface area contributed by atoms with Gasteiger partial charge in [-0.05, 0) is 55.0 Å². The summed E-state index contributed by atoms with van der Waals surface area (Å²) in [6, 6.07) is 15.2. The number of nitrogens with two attached hydrogens (primary N) is 1. The molecule has 8 nitrogen and oxygen atoms in total. The molecule has 0 bridgehead atoms. The van der Waals surface area contributed by atoms with Crippen molar-refractivity contribution in [1.82, 2.24) is 30.1 Å². The molecule has 0 spiro atoms. The Morgan fingerprint density at radius 2 is 1.81 bits per heavy atom. The minimum absolute atomic E-state index is 0.187. The number of aromatic nitrogens is 6. The zero-order chi connectivity index (χ0) is 25.1. The van der Waals surface area contributed by atoms with Crippen LogP contribution in [0.5, 0.6) is 0 Å². The van der Waals surface area contributed by atoms with Crippen LogP contribution in [0.4, 0.5) is 10.2 Å². The molecule has 0 aliphatic carbocycles. The molecule has 4 aromatic heterocycles. The smallest absolute Gasteiger partial charge is 0.147 e. The second kappa shape index (κ2) is 8.21. The lowest BCUT2D eigenvalue weighted by atomic mass is 10.0. The van der Waals surface area contributed by atoms with Crippen molar-refractivity contribution in [2.24, 2.45) is 5.73 Å². The minimum Gasteiger partial charge on any atom is -0.353 e. The van der Waals surface area contributed by atoms with E-state index in [1.807, 2.05) is 37.3 Å². The first kappa shape index (κ1) is 21.6. The molecule has 0 saturated carbocycles. The van der Waals surface area contributed by atoms with Crippen LogP contribution in [0.2, 0.25) is 0 Å². The number of H-pyrrole nitrogens is 2. The van der Waals surface area contributed by atoms with Gasteiger partial charge < -0.3 is 15.6 Å². The van der Waals surface area contributed by atoms with Gasteiger partial charge in [-0.25, -0.2) is 9.37 Å². The van der Waals surface area contributed by atoms with Crippen molar-refractivity contribution in [3.8, 4) is 33.9 Å². The summed E-state index contributed by atoms with van der Waals surface area (Å²) < 4.78 is 14.1. The van der Waals surface area contributed by atoms with E-state index >= 15 is 0 Å². The molecule has 2 aromatic carbocycles. The van der Waals surface area contributed by atoms with Crippen molar-refractivity contribution in [3.63, 3.8) is 0 Å². The Bertz CT molecular complexity index is 1780. The van der Waals surface area contributed by atoms with Gasteiger partial charge >= 0.3 is 0 Å². The number of benzene rings is 2. The third-order valence-corrected chi connectivity index (χ3v) is 6.83. The van der Waals surface area contributed by atoms with Crippen LogP contribution in [0, 0.1) is 12.7 Å². The fourth-order valence-corrected chi connectivity index (χ4v) is 5.01. The zero-order valence-corrected chi connectivity index (χ0v) is 20.0. The molecular weight excluding hydrogens is 467 g/mol. The van der Waals surface area contributed by atoms with E-state index in [0.717, 1.165) is 80.2 Å². The summed E-state index contributed by atoms with van der Waals surface area (Å²) in [5, 5.41) is 9.60. The number of aromatic amines is 2. The van der Waals surface area contributed by atoms with Crippen LogP contribution >= 0.6 is 0 Å². The predicted octanol–water partition coefficient (Wildman–Crippen LogP) is 4.83. The van der Waals surface area contributed by atoms with E-state index in [9.17, 15) is 4.39 Å². The van der Waals surface area contributed by atoms with Gasteiger partial charge in [-0.1, -0.05) is 6.07 Å². The molecule has 5 heterocycles. The van der Waals surface area contributed by atoms with Crippen LogP contribution in [-0.2, 0) is 0 Å². The lowest BCUT2D eigenvalue weighted by Gasteiger charge is -2.37. The monoisotopic (exact) mass is 490 g/mol. The number of rotatable bonds is 4. The molecule has 1 aliphatic rings. The highest BCUT2D eigenvalue weighted by molar-refractivity contribution is 6.00. The molecule has 6 aromatic rings. The van der Waals surface area contributed by atoms with Gasteiger partial charge in [0.2, 0.25) is 0 Å². The van der Waals surface area contributed by atoms with Gasteiger partial charge in [0.15, 0.2) is 0 Å². The third-order valence-electron chi connectivity index (χ3n) is 6.83. The molecule has 0 amide bonds. The molecular formula is C28H23FN8. The normalized spacial score (nSPS) is 14.0. The highest BCUT2D eigenvalue weighted by Crippen LogP contribution is 2.35. The Labute approximate surface area is 211 Å². The first-order valence-corrected chi connectivity index (χ1v) is 12.1. The Morgan fingerprint density at radius 3 is 2.65 bits per heavy atom. The van der Waals surface area contributed by atoms with E-state index < -0.39 is 0 Å². The molecule has 0 atom stereocenters. The number of hydrogen-bond donors (Lipinski definition) is 3. The summed E-state index contributed by atoms with van der Waals surface area (Å²) in [4.78, 5) is 19.4. The molecule has 1 aliphatic heterocycles. The molecule has 9 heteroatoms. The largest absolute Gasteiger partial charge is 0.353 e. The third kappa shape index (κ3) is 3.71. The fraction of sp³-hybridized carbons (Fsp3) is 0.143. The topological polar surface area (TPSA) is 112 Å². The van der Waals surface area contributed by atoms with E-state index in [1.165, 1.54) is 12.1 Å². The van der Waals surface area contributed by atoms with E-state index in [-0.39, 0.29) is 11.9 Å². The second-order valence-corrected chi connectivity index (χ2v) is 9.58. The number of anilines is 1. The summed E-state index contributed by atoms with van der Waals surface area (Å²) in [5.41, 5.74) is 13.4. The van der Waals surface area contributed by atoms with E-state index in [4.69, 9.17) is 10.7 Å². The number of hydrogen-bond acceptors (Lipinski definition) is 6. The molecule has 1 saturated heterocycles. The SMILES string of the molecule is Cc1cc(F)cc(-c2nccc3[nH]c(-c4n[nH]c5ccc(-c6cncc(N7CC(N)C7)n6)cc45)cc23)c1. The zero-order valence-electron chi connectivity index (χ0n) is 20.0. The Hall–Kier alpha value is -4.63. The highest BCUT2D eigenvalue weighted by Gasteiger charge is 2.24. The van der Waals surface area contributed by atoms with Gasteiger partial charge in [-0.2, -0.15) is 5.10 Å². The van der Waals surface area contributed by atoms with Gasteiger partial charge in [-0.15, -0.1) is 0 Å². The standard InChI is InChI=1S/C28H23FN8/c1-15-6-17(8-18(29)7-15)27-21-10-24(33-22(21)4-5-32-27)28-20-9-16(2-3-23(20)35-36-28)25-11-31-12-26(34-25)37-13-19(30)14-37/h2-12,19,33H,13-14,30H2,1H3,(H,35,36). The van der Waals surface area contributed by atoms with Gasteiger partial charge in [0, 0.05) is 52.7 Å². The summed E-state index contributed by atoms with van der Waals surface area (Å²) in [6.45, 7) is 3.45. The average Bonchev–Trinajstić information content (AvgIpc) is 3.49. The fourth-order valence-electron chi connectivity index (χ4n) is 5.01. The average molecular weight is 491 g/mol. The Kier molecular flexibility index (Phi) is 4.80. The lowest BCUT2D eigenvalue weighted by molar-refractivity contribution is 0.514. The molecule has 0 radical (unpaired) electrons. The van der Waals surface area contributed by atoms with E-state index in [2.05, 4.69) is 36.1 Å². The van der Waals surface area contributed by atoms with Crippen LogP contribution < -0.4 is 10.6 Å². The summed E-state index contributed by atoms with van der Waals surface area (Å²) in [6.07, 6.45) is 5.27. The summed E-state index contributed by atoms with van der Waals surface area (Å²) >= 11 is 0. The van der Waals surface area contributed by atoms with Crippen molar-refractivity contribution in [2.75, 3.05) is 18.0 Å². The Balaban J connectivity index is 1.31. The van der Waals surface area contributed by atoms with Crippen LogP contribution in [0.25, 0.3) is 55.7 Å². The van der Waals surface area contributed by atoms with Crippen LogP contribution in [0.15, 0.2) is 67.1 Å². The van der Waals surface area contributed by atoms with Gasteiger partial charge in [0.25, 0.3) is 0 Å². The van der Waals surface area contributed by atoms with Gasteiger partial charge in [0.05, 0.1) is 35.0 Å². The Morgan fingerprint density at radius 1 is 0.946 bits per heavy atom. The maximum atomic E-state index is 14.1. The maximum Gasteiger partial charge on any atom is 0.147 e. The van der Waals surface area contributed by atoms with Crippen LogP contribution in [0.3, 0.4) is 0 Å². The van der Waals surface area contributed by atoms with Crippen LogP contribution in [-0.4, -0.2) is 49.3 Å². The van der Waals surface area contributed by atoms with Crippen molar-refractivity contribution >= 4 is 27.6 Å².